The molecule has 0 rings (SSSR count). The molecular formula is C10H21O2P. The van der Waals surface area contributed by atoms with Gasteiger partial charge in [0.25, 0.3) is 0 Å². The Kier molecular flexibility index (Phi) is 4.08. The summed E-state index contributed by atoms with van der Waals surface area (Å²) in [6, 6.07) is 0. The van der Waals surface area contributed by atoms with Crippen molar-refractivity contribution in [3.63, 3.8) is 0 Å². The van der Waals surface area contributed by atoms with Crippen molar-refractivity contribution in [3.8, 4) is 0 Å². The maximum absolute atomic E-state index is 11.7. The molecule has 78 valence electrons. The smallest absolute Gasteiger partial charge is 0.170 e. The summed E-state index contributed by atoms with van der Waals surface area (Å²) in [6.45, 7) is 11.4. The van der Waals surface area contributed by atoms with Gasteiger partial charge in [0.05, 0.1) is 5.60 Å². The Morgan fingerprint density at radius 3 is 1.85 bits per heavy atom. The highest BCUT2D eigenvalue weighted by Gasteiger charge is 2.29. The highest BCUT2D eigenvalue weighted by Crippen LogP contribution is 2.22. The summed E-state index contributed by atoms with van der Waals surface area (Å²) < 4.78 is 5.56. The van der Waals surface area contributed by atoms with E-state index in [0.717, 1.165) is 0 Å². The molecule has 0 heterocycles. The molecule has 13 heavy (non-hydrogen) atoms. The Labute approximate surface area is 83.6 Å². The lowest BCUT2D eigenvalue weighted by molar-refractivity contribution is -0.139. The van der Waals surface area contributed by atoms with Crippen molar-refractivity contribution in [2.45, 2.75) is 58.4 Å². The lowest BCUT2D eigenvalue weighted by Gasteiger charge is -2.28. The molecule has 0 aromatic carbocycles. The standard InChI is InChI=1S/C10H21O2P/c1-7(12-9(2,3)4)8(11)10(5,6)13/h7H,13H2,1-6H3. The van der Waals surface area contributed by atoms with Gasteiger partial charge in [-0.2, -0.15) is 0 Å². The highest BCUT2D eigenvalue weighted by molar-refractivity contribution is 7.21. The number of hydrogen-bond acceptors (Lipinski definition) is 2. The zero-order valence-corrected chi connectivity index (χ0v) is 10.6. The van der Waals surface area contributed by atoms with Crippen molar-refractivity contribution in [3.05, 3.63) is 0 Å². The number of ether oxygens (including phenoxy) is 1. The van der Waals surface area contributed by atoms with Gasteiger partial charge in [0.15, 0.2) is 5.78 Å². The summed E-state index contributed by atoms with van der Waals surface area (Å²) >= 11 is 0. The van der Waals surface area contributed by atoms with Gasteiger partial charge in [-0.1, -0.05) is 0 Å². The number of hydrogen-bond donors (Lipinski definition) is 0. The van der Waals surface area contributed by atoms with E-state index in [0.29, 0.717) is 0 Å². The second-order valence-corrected chi connectivity index (χ2v) is 6.40. The van der Waals surface area contributed by atoms with E-state index < -0.39 is 5.16 Å². The first kappa shape index (κ1) is 13.1. The molecule has 0 aromatic heterocycles. The van der Waals surface area contributed by atoms with E-state index in [-0.39, 0.29) is 17.5 Å². The van der Waals surface area contributed by atoms with Crippen LogP contribution in [0.15, 0.2) is 0 Å². The summed E-state index contributed by atoms with van der Waals surface area (Å²) in [5.74, 6) is 0.118. The van der Waals surface area contributed by atoms with E-state index in [1.807, 2.05) is 34.6 Å². The maximum Gasteiger partial charge on any atom is 0.170 e. The van der Waals surface area contributed by atoms with Crippen molar-refractivity contribution in [1.82, 2.24) is 0 Å². The Morgan fingerprint density at radius 1 is 1.23 bits per heavy atom. The normalized spacial score (nSPS) is 15.6. The number of ketones is 1. The Bertz CT molecular complexity index is 186. The van der Waals surface area contributed by atoms with E-state index in [1.165, 1.54) is 0 Å². The fourth-order valence-electron chi connectivity index (χ4n) is 1.11. The van der Waals surface area contributed by atoms with Crippen LogP contribution in [0.25, 0.3) is 0 Å². The van der Waals surface area contributed by atoms with Crippen molar-refractivity contribution >= 4 is 15.0 Å². The lowest BCUT2D eigenvalue weighted by atomic mass is 10.0. The molecule has 0 aliphatic heterocycles. The fourth-order valence-corrected chi connectivity index (χ4v) is 1.34. The van der Waals surface area contributed by atoms with Gasteiger partial charge in [-0.15, -0.1) is 9.24 Å². The van der Waals surface area contributed by atoms with E-state index in [4.69, 9.17) is 4.74 Å². The summed E-state index contributed by atoms with van der Waals surface area (Å²) in [4.78, 5) is 11.7. The molecule has 0 aliphatic carbocycles. The third-order valence-electron chi connectivity index (χ3n) is 1.53. The quantitative estimate of drug-likeness (QED) is 0.660. The van der Waals surface area contributed by atoms with Crippen LogP contribution in [0.1, 0.15) is 41.5 Å². The minimum absolute atomic E-state index is 0.118. The first-order valence-corrected chi connectivity index (χ1v) is 5.13. The SMILES string of the molecule is CC(OC(C)(C)C)C(=O)C(C)(C)P. The fraction of sp³-hybridized carbons (Fsp3) is 0.900. The molecule has 0 saturated heterocycles. The van der Waals surface area contributed by atoms with Gasteiger partial charge in [0, 0.05) is 5.16 Å². The van der Waals surface area contributed by atoms with Crippen molar-refractivity contribution in [2.24, 2.45) is 0 Å². The predicted molar refractivity (Wildman–Crippen MR) is 59.1 cm³/mol. The van der Waals surface area contributed by atoms with Crippen LogP contribution < -0.4 is 0 Å². The summed E-state index contributed by atoms with van der Waals surface area (Å²) in [7, 11) is 2.54. The molecule has 0 spiro atoms. The average Bonchev–Trinajstić information content (AvgIpc) is 1.79. The molecule has 0 amide bonds. The van der Waals surface area contributed by atoms with Gasteiger partial charge in [-0.3, -0.25) is 4.79 Å². The first-order chi connectivity index (χ1) is 5.54. The number of rotatable bonds is 3. The number of carbonyl (C=O) groups excluding carboxylic acids is 1. The van der Waals surface area contributed by atoms with Crippen LogP contribution in [0.3, 0.4) is 0 Å². The maximum atomic E-state index is 11.7. The van der Waals surface area contributed by atoms with Gasteiger partial charge in [0.1, 0.15) is 6.10 Å². The molecule has 0 fully saturated rings. The third kappa shape index (κ3) is 5.38. The van der Waals surface area contributed by atoms with Gasteiger partial charge in [-0.05, 0) is 41.5 Å². The molecule has 0 saturated carbocycles. The number of carbonyl (C=O) groups is 1. The Balaban J connectivity index is 4.30. The molecule has 2 nitrogen and oxygen atoms in total. The molecule has 0 radical (unpaired) electrons. The molecule has 0 bridgehead atoms. The largest absolute Gasteiger partial charge is 0.365 e. The van der Waals surface area contributed by atoms with Crippen molar-refractivity contribution in [2.75, 3.05) is 0 Å². The van der Waals surface area contributed by atoms with Gasteiger partial charge in [-0.25, -0.2) is 0 Å². The molecule has 3 heteroatoms. The Hall–Kier alpha value is 0.0600. The van der Waals surface area contributed by atoms with Crippen LogP contribution in [0.4, 0.5) is 0 Å². The second kappa shape index (κ2) is 4.06. The average molecular weight is 204 g/mol. The van der Waals surface area contributed by atoms with Crippen LogP contribution in [0, 0.1) is 0 Å². The topological polar surface area (TPSA) is 26.3 Å². The zero-order chi connectivity index (χ0) is 10.9. The van der Waals surface area contributed by atoms with E-state index in [2.05, 4.69) is 9.24 Å². The van der Waals surface area contributed by atoms with E-state index in [9.17, 15) is 4.79 Å². The highest BCUT2D eigenvalue weighted by atomic mass is 31.0. The van der Waals surface area contributed by atoms with Gasteiger partial charge in [0.2, 0.25) is 0 Å². The van der Waals surface area contributed by atoms with Crippen LogP contribution in [0.2, 0.25) is 0 Å². The number of Topliss-reactive ketones (excluding diaryl/α,β-unsaturated/α-hetero) is 1. The second-order valence-electron chi connectivity index (χ2n) is 4.96. The molecular weight excluding hydrogens is 183 g/mol. The van der Waals surface area contributed by atoms with Gasteiger partial charge >= 0.3 is 0 Å². The molecule has 0 N–H and O–H groups in total. The summed E-state index contributed by atoms with van der Waals surface area (Å²) in [6.07, 6.45) is -0.340. The minimum atomic E-state index is -0.398. The molecule has 0 aromatic rings. The van der Waals surface area contributed by atoms with Crippen LogP contribution in [-0.4, -0.2) is 22.6 Å². The minimum Gasteiger partial charge on any atom is -0.365 e. The summed E-state index contributed by atoms with van der Waals surface area (Å²) in [5.41, 5.74) is -0.259. The Morgan fingerprint density at radius 2 is 1.62 bits per heavy atom. The van der Waals surface area contributed by atoms with Gasteiger partial charge < -0.3 is 4.74 Å². The van der Waals surface area contributed by atoms with E-state index >= 15 is 0 Å². The molecule has 0 aliphatic rings. The zero-order valence-electron chi connectivity index (χ0n) is 9.47. The molecule has 2 atom stereocenters. The molecule has 2 unspecified atom stereocenters. The van der Waals surface area contributed by atoms with Crippen LogP contribution >= 0.6 is 9.24 Å². The van der Waals surface area contributed by atoms with Crippen molar-refractivity contribution < 1.29 is 9.53 Å². The van der Waals surface area contributed by atoms with E-state index in [1.54, 1.807) is 6.92 Å². The predicted octanol–water partition coefficient (Wildman–Crippen LogP) is 2.41. The lowest BCUT2D eigenvalue weighted by Crippen LogP contribution is -2.39. The summed E-state index contributed by atoms with van der Waals surface area (Å²) in [5, 5.41) is -0.398. The third-order valence-corrected chi connectivity index (χ3v) is 1.82. The van der Waals surface area contributed by atoms with Crippen LogP contribution in [0.5, 0.6) is 0 Å². The van der Waals surface area contributed by atoms with Crippen LogP contribution in [-0.2, 0) is 9.53 Å². The van der Waals surface area contributed by atoms with Crippen molar-refractivity contribution in [1.29, 1.82) is 0 Å². The monoisotopic (exact) mass is 204 g/mol. The first-order valence-electron chi connectivity index (χ1n) is 4.55.